The predicted octanol–water partition coefficient (Wildman–Crippen LogP) is 7.60. The van der Waals surface area contributed by atoms with Crippen LogP contribution in [0.5, 0.6) is 0 Å². The van der Waals surface area contributed by atoms with Crippen molar-refractivity contribution >= 4 is 5.97 Å². The zero-order valence-electron chi connectivity index (χ0n) is 17.0. The zero-order chi connectivity index (χ0) is 18.3. The van der Waals surface area contributed by atoms with Crippen LogP contribution in [-0.2, 0) is 4.79 Å². The highest BCUT2D eigenvalue weighted by molar-refractivity contribution is 5.69. The maximum Gasteiger partial charge on any atom is 0.306 e. The summed E-state index contributed by atoms with van der Waals surface area (Å²) in [5, 5.41) is 8.84. The van der Waals surface area contributed by atoms with Gasteiger partial charge in [-0.2, -0.15) is 0 Å². The minimum absolute atomic E-state index is 0.172. The average Bonchev–Trinajstić information content (AvgIpc) is 2.52. The molecule has 2 nitrogen and oxygen atoms in total. The first-order chi connectivity index (χ1) is 11.4. The van der Waals surface area contributed by atoms with E-state index in [2.05, 4.69) is 20.8 Å². The van der Waals surface area contributed by atoms with Gasteiger partial charge in [0.05, 0.1) is 5.92 Å². The number of hydrogen-bond donors (Lipinski definition) is 1. The van der Waals surface area contributed by atoms with Gasteiger partial charge in [0.25, 0.3) is 0 Å². The fraction of sp³-hybridized carbons (Fsp3) is 0.955. The molecule has 0 radical (unpaired) electrons. The largest absolute Gasteiger partial charge is 0.481 e. The summed E-state index contributed by atoms with van der Waals surface area (Å²) in [5.41, 5.74) is 0.527. The highest BCUT2D eigenvalue weighted by Crippen LogP contribution is 2.30. The SMILES string of the molecule is CCCCCCCC(C)(C)CCCCCCCCCC(C)C(=O)O. The molecule has 0 spiro atoms. The molecule has 0 aromatic rings. The first-order valence-corrected chi connectivity index (χ1v) is 10.6. The van der Waals surface area contributed by atoms with Crippen molar-refractivity contribution in [1.29, 1.82) is 0 Å². The molecule has 0 saturated carbocycles. The Morgan fingerprint density at radius 2 is 1.21 bits per heavy atom. The molecule has 0 amide bonds. The van der Waals surface area contributed by atoms with Crippen LogP contribution in [0.4, 0.5) is 0 Å². The highest BCUT2D eigenvalue weighted by atomic mass is 16.4. The van der Waals surface area contributed by atoms with Crippen LogP contribution in [-0.4, -0.2) is 11.1 Å². The van der Waals surface area contributed by atoms with E-state index in [0.717, 1.165) is 12.8 Å². The first kappa shape index (κ1) is 23.5. The maximum absolute atomic E-state index is 10.7. The highest BCUT2D eigenvalue weighted by Gasteiger charge is 2.16. The van der Waals surface area contributed by atoms with Crippen LogP contribution in [0, 0.1) is 11.3 Å². The number of carboxylic acids is 1. The van der Waals surface area contributed by atoms with E-state index in [0.29, 0.717) is 5.41 Å². The van der Waals surface area contributed by atoms with Crippen LogP contribution in [0.1, 0.15) is 124 Å². The summed E-state index contributed by atoms with van der Waals surface area (Å²) in [4.78, 5) is 10.7. The second kappa shape index (κ2) is 14.8. The summed E-state index contributed by atoms with van der Waals surface area (Å²) in [5.74, 6) is -0.822. The zero-order valence-corrected chi connectivity index (χ0v) is 17.0. The number of hydrogen-bond acceptors (Lipinski definition) is 1. The van der Waals surface area contributed by atoms with Gasteiger partial charge < -0.3 is 5.11 Å². The number of aliphatic carboxylic acids is 1. The normalized spacial score (nSPS) is 13.2. The van der Waals surface area contributed by atoms with Crippen LogP contribution in [0.25, 0.3) is 0 Å². The van der Waals surface area contributed by atoms with E-state index in [1.54, 1.807) is 0 Å². The smallest absolute Gasteiger partial charge is 0.306 e. The van der Waals surface area contributed by atoms with Crippen LogP contribution < -0.4 is 0 Å². The Kier molecular flexibility index (Phi) is 14.5. The Morgan fingerprint density at radius 1 is 0.792 bits per heavy atom. The van der Waals surface area contributed by atoms with Gasteiger partial charge in [-0.25, -0.2) is 0 Å². The summed E-state index contributed by atoms with van der Waals surface area (Å²) < 4.78 is 0. The van der Waals surface area contributed by atoms with Gasteiger partial charge in [-0.05, 0) is 24.7 Å². The van der Waals surface area contributed by atoms with Gasteiger partial charge in [-0.3, -0.25) is 4.79 Å². The lowest BCUT2D eigenvalue weighted by Crippen LogP contribution is -2.11. The number of carboxylic acid groups (broad SMARTS) is 1. The lowest BCUT2D eigenvalue weighted by molar-refractivity contribution is -0.141. The van der Waals surface area contributed by atoms with Crippen LogP contribution in [0.3, 0.4) is 0 Å². The van der Waals surface area contributed by atoms with Gasteiger partial charge in [0.15, 0.2) is 0 Å². The van der Waals surface area contributed by atoms with Crippen LogP contribution >= 0.6 is 0 Å². The minimum atomic E-state index is -0.650. The van der Waals surface area contributed by atoms with Gasteiger partial charge >= 0.3 is 5.97 Å². The average molecular weight is 341 g/mol. The van der Waals surface area contributed by atoms with Gasteiger partial charge in [0, 0.05) is 0 Å². The molecule has 0 rings (SSSR count). The molecular formula is C22H44O2. The van der Waals surface area contributed by atoms with Crippen molar-refractivity contribution in [2.75, 3.05) is 0 Å². The summed E-state index contributed by atoms with van der Waals surface area (Å²) >= 11 is 0. The molecule has 0 aromatic carbocycles. The topological polar surface area (TPSA) is 37.3 Å². The molecule has 0 bridgehead atoms. The van der Waals surface area contributed by atoms with Gasteiger partial charge in [0.1, 0.15) is 0 Å². The van der Waals surface area contributed by atoms with Crippen LogP contribution in [0.2, 0.25) is 0 Å². The molecule has 1 atom stereocenters. The molecule has 1 N–H and O–H groups in total. The monoisotopic (exact) mass is 340 g/mol. The second-order valence-electron chi connectivity index (χ2n) is 8.58. The van der Waals surface area contributed by atoms with E-state index in [9.17, 15) is 4.79 Å². The Labute approximate surface area is 151 Å². The third-order valence-corrected chi connectivity index (χ3v) is 5.37. The van der Waals surface area contributed by atoms with E-state index in [-0.39, 0.29) is 5.92 Å². The molecule has 0 aliphatic carbocycles. The Balaban J connectivity index is 3.40. The van der Waals surface area contributed by atoms with Gasteiger partial charge in [-0.1, -0.05) is 105 Å². The Morgan fingerprint density at radius 3 is 1.67 bits per heavy atom. The lowest BCUT2D eigenvalue weighted by Gasteiger charge is -2.24. The van der Waals surface area contributed by atoms with Crippen LogP contribution in [0.15, 0.2) is 0 Å². The van der Waals surface area contributed by atoms with E-state index in [4.69, 9.17) is 5.11 Å². The summed E-state index contributed by atoms with van der Waals surface area (Å²) in [6.45, 7) is 8.97. The Bertz CT molecular complexity index is 296. The first-order valence-electron chi connectivity index (χ1n) is 10.6. The summed E-state index contributed by atoms with van der Waals surface area (Å²) in [6, 6.07) is 0. The molecule has 0 aliphatic heterocycles. The molecule has 0 heterocycles. The number of unbranched alkanes of at least 4 members (excludes halogenated alkanes) is 10. The lowest BCUT2D eigenvalue weighted by atomic mass is 9.82. The van der Waals surface area contributed by atoms with Crippen molar-refractivity contribution < 1.29 is 9.90 Å². The van der Waals surface area contributed by atoms with Crippen molar-refractivity contribution in [2.24, 2.45) is 11.3 Å². The molecule has 2 heteroatoms. The maximum atomic E-state index is 10.7. The molecule has 144 valence electrons. The molecular weight excluding hydrogens is 296 g/mol. The fourth-order valence-corrected chi connectivity index (χ4v) is 3.39. The molecule has 0 fully saturated rings. The summed E-state index contributed by atoms with van der Waals surface area (Å²) in [7, 11) is 0. The third-order valence-electron chi connectivity index (χ3n) is 5.37. The van der Waals surface area contributed by atoms with E-state index >= 15 is 0 Å². The second-order valence-corrected chi connectivity index (χ2v) is 8.58. The molecule has 0 aromatic heterocycles. The Hall–Kier alpha value is -0.530. The van der Waals surface area contributed by atoms with Crippen molar-refractivity contribution in [3.05, 3.63) is 0 Å². The van der Waals surface area contributed by atoms with E-state index in [1.807, 2.05) is 6.92 Å². The van der Waals surface area contributed by atoms with Crippen molar-refractivity contribution in [2.45, 2.75) is 124 Å². The van der Waals surface area contributed by atoms with E-state index in [1.165, 1.54) is 83.5 Å². The van der Waals surface area contributed by atoms with E-state index < -0.39 is 5.97 Å². The van der Waals surface area contributed by atoms with Gasteiger partial charge in [-0.15, -0.1) is 0 Å². The molecule has 1 unspecified atom stereocenters. The summed E-state index contributed by atoms with van der Waals surface area (Å²) in [6.07, 6.45) is 19.5. The van der Waals surface area contributed by atoms with Gasteiger partial charge in [0.2, 0.25) is 0 Å². The molecule has 24 heavy (non-hydrogen) atoms. The predicted molar refractivity (Wildman–Crippen MR) is 106 cm³/mol. The minimum Gasteiger partial charge on any atom is -0.481 e. The van der Waals surface area contributed by atoms with Crippen molar-refractivity contribution in [3.8, 4) is 0 Å². The number of carbonyl (C=O) groups is 1. The van der Waals surface area contributed by atoms with Crippen molar-refractivity contribution in [3.63, 3.8) is 0 Å². The van der Waals surface area contributed by atoms with Crippen molar-refractivity contribution in [1.82, 2.24) is 0 Å². The molecule has 0 saturated heterocycles. The number of rotatable bonds is 17. The third kappa shape index (κ3) is 15.0. The standard InChI is InChI=1S/C22H44O2/c1-5-6-7-12-15-18-22(3,4)19-16-13-10-8-9-11-14-17-20(2)21(23)24/h20H,5-19H2,1-4H3,(H,23,24). The molecule has 0 aliphatic rings. The quantitative estimate of drug-likeness (QED) is 0.277. The fourth-order valence-electron chi connectivity index (χ4n) is 3.39.